The van der Waals surface area contributed by atoms with Crippen LogP contribution in [0.1, 0.15) is 22.7 Å². The fourth-order valence-electron chi connectivity index (χ4n) is 8.40. The SMILES string of the molecule is C1=IC(c2ccc(-c3ccccc3)cc2)=NC(c2ccccc2)=NC1c1ccc(-c2ccc3c4cc(-c5ccccc5)ccc4n(-c4cccc5ccccc45)c3c2)cc1. The van der Waals surface area contributed by atoms with Crippen LogP contribution >= 0.6 is 20.7 Å². The highest BCUT2D eigenvalue weighted by atomic mass is 127. The highest BCUT2D eigenvalue weighted by molar-refractivity contribution is 14.2. The Bertz CT molecular complexity index is 3270. The van der Waals surface area contributed by atoms with Crippen molar-refractivity contribution in [2.75, 3.05) is 0 Å². The van der Waals surface area contributed by atoms with Crippen molar-refractivity contribution >= 4 is 66.9 Å². The number of aliphatic imine (C=N–C) groups is 2. The average molecular weight is 880 g/mol. The fourth-order valence-corrected chi connectivity index (χ4v) is 10.7. The zero-order chi connectivity index (χ0) is 39.8. The first-order valence-corrected chi connectivity index (χ1v) is 22.6. The van der Waals surface area contributed by atoms with Crippen molar-refractivity contribution in [3.63, 3.8) is 0 Å². The van der Waals surface area contributed by atoms with Crippen LogP contribution < -0.4 is 0 Å². The van der Waals surface area contributed by atoms with Gasteiger partial charge in [0, 0.05) is 27.3 Å². The van der Waals surface area contributed by atoms with Gasteiger partial charge in [0.1, 0.15) is 9.76 Å². The summed E-state index contributed by atoms with van der Waals surface area (Å²) in [5.41, 5.74) is 14.1. The van der Waals surface area contributed by atoms with Gasteiger partial charge < -0.3 is 4.57 Å². The Morgan fingerprint density at radius 1 is 0.383 bits per heavy atom. The predicted molar refractivity (Wildman–Crippen MR) is 263 cm³/mol. The maximum absolute atomic E-state index is 5.32. The fraction of sp³-hybridized carbons (Fsp3) is 0.0179. The molecule has 2 heterocycles. The number of fused-ring (bicyclic) bond motifs is 4. The summed E-state index contributed by atoms with van der Waals surface area (Å²) < 4.78 is 5.99. The van der Waals surface area contributed by atoms with E-state index < -0.39 is 20.7 Å². The van der Waals surface area contributed by atoms with Gasteiger partial charge in [-0.1, -0.05) is 215 Å². The first-order chi connectivity index (χ1) is 29.7. The minimum absolute atomic E-state index is 0.0953. The van der Waals surface area contributed by atoms with Crippen molar-refractivity contribution in [1.29, 1.82) is 0 Å². The molecule has 11 rings (SSSR count). The lowest BCUT2D eigenvalue weighted by atomic mass is 9.99. The van der Waals surface area contributed by atoms with Crippen LogP contribution in [0, 0.1) is 0 Å². The molecule has 0 amide bonds. The molecule has 1 aliphatic rings. The minimum Gasteiger partial charge on any atom is -0.309 e. The van der Waals surface area contributed by atoms with Crippen molar-refractivity contribution in [3.8, 4) is 39.1 Å². The second kappa shape index (κ2) is 15.6. The number of aromatic nitrogens is 1. The molecule has 284 valence electrons. The molecule has 0 spiro atoms. The molecule has 0 N–H and O–H groups in total. The predicted octanol–water partition coefficient (Wildman–Crippen LogP) is 14.7. The maximum Gasteiger partial charge on any atom is 0.156 e. The first-order valence-electron chi connectivity index (χ1n) is 20.3. The van der Waals surface area contributed by atoms with Crippen LogP contribution in [-0.2, 0) is 0 Å². The summed E-state index contributed by atoms with van der Waals surface area (Å²) in [5, 5.41) is 4.94. The largest absolute Gasteiger partial charge is 0.309 e. The van der Waals surface area contributed by atoms with E-state index in [0.29, 0.717) is 0 Å². The van der Waals surface area contributed by atoms with Gasteiger partial charge in [0.05, 0.1) is 16.7 Å². The van der Waals surface area contributed by atoms with Crippen molar-refractivity contribution in [1.82, 2.24) is 4.57 Å². The zero-order valence-corrected chi connectivity index (χ0v) is 34.8. The number of benzene rings is 9. The molecule has 0 bridgehead atoms. The number of amidine groups is 1. The number of hydrogen-bond acceptors (Lipinski definition) is 2. The van der Waals surface area contributed by atoms with Gasteiger partial charge in [-0.15, -0.1) is 0 Å². The smallest absolute Gasteiger partial charge is 0.156 e. The summed E-state index contributed by atoms with van der Waals surface area (Å²) in [7, 11) is 0. The van der Waals surface area contributed by atoms with Gasteiger partial charge in [0.25, 0.3) is 0 Å². The average Bonchev–Trinajstić information content (AvgIpc) is 3.47. The topological polar surface area (TPSA) is 29.6 Å². The third kappa shape index (κ3) is 6.79. The Morgan fingerprint density at radius 3 is 1.68 bits per heavy atom. The Labute approximate surface area is 359 Å². The van der Waals surface area contributed by atoms with Gasteiger partial charge in [-0.2, -0.15) is 0 Å². The molecule has 0 fully saturated rings. The summed E-state index contributed by atoms with van der Waals surface area (Å²) in [4.78, 5) is 10.6. The van der Waals surface area contributed by atoms with E-state index >= 15 is 0 Å². The number of nitrogens with zero attached hydrogens (tertiary/aromatic N) is 3. The molecule has 1 atom stereocenters. The van der Waals surface area contributed by atoms with E-state index in [1.165, 1.54) is 77.2 Å². The van der Waals surface area contributed by atoms with Crippen LogP contribution in [0.5, 0.6) is 0 Å². The molecule has 1 unspecified atom stereocenters. The van der Waals surface area contributed by atoms with Gasteiger partial charge in [-0.3, -0.25) is 4.99 Å². The van der Waals surface area contributed by atoms with Crippen LogP contribution in [0.15, 0.2) is 228 Å². The van der Waals surface area contributed by atoms with Crippen molar-refractivity contribution in [3.05, 3.63) is 235 Å². The summed E-state index contributed by atoms with van der Waals surface area (Å²) in [6, 6.07) is 78.5. The number of halogens is 1. The first kappa shape index (κ1) is 36.1. The lowest BCUT2D eigenvalue weighted by molar-refractivity contribution is 0.992. The molecule has 1 aromatic heterocycles. The lowest BCUT2D eigenvalue weighted by Crippen LogP contribution is -2.03. The normalized spacial score (nSPS) is 14.1. The van der Waals surface area contributed by atoms with E-state index in [1.54, 1.807) is 0 Å². The molecule has 9 aromatic carbocycles. The summed E-state index contributed by atoms with van der Waals surface area (Å²) in [5.74, 6) is 0.780. The Balaban J connectivity index is 0.975. The third-order valence-corrected chi connectivity index (χ3v) is 14.0. The van der Waals surface area contributed by atoms with Gasteiger partial charge >= 0.3 is 0 Å². The van der Waals surface area contributed by atoms with E-state index in [2.05, 4.69) is 221 Å². The molecule has 3 nitrogen and oxygen atoms in total. The Hall–Kier alpha value is -7.02. The van der Waals surface area contributed by atoms with E-state index in [9.17, 15) is 0 Å². The molecule has 1 aliphatic heterocycles. The molecule has 10 aromatic rings. The Morgan fingerprint density at radius 2 is 0.933 bits per heavy atom. The number of hydrogen-bond donors (Lipinski definition) is 0. The van der Waals surface area contributed by atoms with Gasteiger partial charge in [0.15, 0.2) is 5.84 Å². The van der Waals surface area contributed by atoms with Gasteiger partial charge in [-0.05, 0) is 72.6 Å². The van der Waals surface area contributed by atoms with Crippen LogP contribution in [0.25, 0.3) is 71.6 Å². The second-order valence-electron chi connectivity index (χ2n) is 15.1. The van der Waals surface area contributed by atoms with E-state index in [-0.39, 0.29) is 6.04 Å². The van der Waals surface area contributed by atoms with Crippen LogP contribution in [0.4, 0.5) is 0 Å². The van der Waals surface area contributed by atoms with Gasteiger partial charge in [0.2, 0.25) is 0 Å². The standard InChI is InChI=1S/C56H38IN3/c1-4-13-38(14-5-1)40-25-29-44(30-26-40)55-57-37-51(58-56(59-55)45-18-8-3-9-19-45)43-27-23-41(24-28-43)47-31-33-49-50-35-46(39-15-6-2-7-16-39)32-34-53(50)60(54(49)36-47)52-22-12-20-42-17-10-11-21-48(42)52/h1-37,51H. The van der Waals surface area contributed by atoms with Crippen molar-refractivity contribution in [2.24, 2.45) is 9.98 Å². The van der Waals surface area contributed by atoms with Crippen LogP contribution in [-0.4, -0.2) is 18.1 Å². The van der Waals surface area contributed by atoms with Crippen LogP contribution in [0.2, 0.25) is 0 Å². The lowest BCUT2D eigenvalue weighted by Gasteiger charge is -2.13. The van der Waals surface area contributed by atoms with Crippen LogP contribution in [0.3, 0.4) is 0 Å². The van der Waals surface area contributed by atoms with E-state index in [0.717, 1.165) is 20.7 Å². The molecule has 0 saturated carbocycles. The summed E-state index contributed by atoms with van der Waals surface area (Å²) >= 11 is -0.540. The second-order valence-corrected chi connectivity index (χ2v) is 17.5. The van der Waals surface area contributed by atoms with Crippen molar-refractivity contribution in [2.45, 2.75) is 6.04 Å². The maximum atomic E-state index is 5.32. The molecular weight excluding hydrogens is 842 g/mol. The Kier molecular flexibility index (Phi) is 9.40. The third-order valence-electron chi connectivity index (χ3n) is 11.5. The molecule has 60 heavy (non-hydrogen) atoms. The molecule has 4 heteroatoms. The minimum atomic E-state index is -0.540. The van der Waals surface area contributed by atoms with Crippen molar-refractivity contribution < 1.29 is 0 Å². The quantitative estimate of drug-likeness (QED) is 0.143. The number of rotatable bonds is 7. The monoisotopic (exact) mass is 879 g/mol. The molecule has 0 saturated heterocycles. The highest BCUT2D eigenvalue weighted by Crippen LogP contribution is 2.39. The van der Waals surface area contributed by atoms with E-state index in [1.807, 2.05) is 6.07 Å². The summed E-state index contributed by atoms with van der Waals surface area (Å²) in [6.45, 7) is 0. The van der Waals surface area contributed by atoms with E-state index in [4.69, 9.17) is 9.98 Å². The van der Waals surface area contributed by atoms with Gasteiger partial charge in [-0.25, -0.2) is 4.99 Å². The molecule has 0 aliphatic carbocycles. The summed E-state index contributed by atoms with van der Waals surface area (Å²) in [6.07, 6.45) is 0. The highest BCUT2D eigenvalue weighted by Gasteiger charge is 2.19. The molecular formula is C56H38IN3. The zero-order valence-electron chi connectivity index (χ0n) is 32.7. The molecule has 0 radical (unpaired) electrons.